The summed E-state index contributed by atoms with van der Waals surface area (Å²) in [7, 11) is 0. The highest BCUT2D eigenvalue weighted by molar-refractivity contribution is 6.30. The summed E-state index contributed by atoms with van der Waals surface area (Å²) in [6.45, 7) is 2.16. The van der Waals surface area contributed by atoms with Gasteiger partial charge in [-0.1, -0.05) is 72.3 Å². The summed E-state index contributed by atoms with van der Waals surface area (Å²) in [5.74, 6) is -2.82. The van der Waals surface area contributed by atoms with E-state index in [0.717, 1.165) is 37.2 Å². The Morgan fingerprint density at radius 2 is 1.58 bits per heavy atom. The molecule has 3 aliphatic rings. The largest absolute Gasteiger partial charge is 0.399 e. The molecular formula is C31H27ClN2O4. The second-order valence-electron chi connectivity index (χ2n) is 9.68. The predicted octanol–water partition coefficient (Wildman–Crippen LogP) is 5.47. The Hall–Kier alpha value is -3.87. The standard InChI is InChI=1S/C31H27ClN2O4/c32-24-8-4-9-25(20-24)34-19-18-33(21-31(34)37-29(35)14-15-30(36)38-31)17-16-23-12-13-28-26(10-5-11-27(23)28)22-6-2-1-3-7-22/h1-12,14-15,20H,13,16-19,21H2. The van der Waals surface area contributed by atoms with Crippen molar-refractivity contribution >= 4 is 34.8 Å². The van der Waals surface area contributed by atoms with Gasteiger partial charge in [-0.25, -0.2) is 9.59 Å². The molecule has 7 heteroatoms. The van der Waals surface area contributed by atoms with Crippen molar-refractivity contribution in [1.29, 1.82) is 0 Å². The van der Waals surface area contributed by atoms with Crippen LogP contribution < -0.4 is 4.90 Å². The lowest BCUT2D eigenvalue weighted by molar-refractivity contribution is -0.231. The average Bonchev–Trinajstić information content (AvgIpc) is 3.28. The number of nitrogens with zero attached hydrogens (tertiary/aromatic N) is 2. The summed E-state index contributed by atoms with van der Waals surface area (Å²) in [5.41, 5.74) is 7.17. The van der Waals surface area contributed by atoms with E-state index < -0.39 is 17.8 Å². The van der Waals surface area contributed by atoms with E-state index >= 15 is 0 Å². The van der Waals surface area contributed by atoms with Gasteiger partial charge < -0.3 is 9.47 Å². The molecule has 1 fully saturated rings. The van der Waals surface area contributed by atoms with Gasteiger partial charge in [0, 0.05) is 42.5 Å². The fourth-order valence-electron chi connectivity index (χ4n) is 5.58. The smallest absolute Gasteiger partial charge is 0.356 e. The van der Waals surface area contributed by atoms with Crippen LogP contribution in [0.25, 0.3) is 16.7 Å². The van der Waals surface area contributed by atoms with Gasteiger partial charge in [0.25, 0.3) is 0 Å². The van der Waals surface area contributed by atoms with Gasteiger partial charge in [0.1, 0.15) is 0 Å². The van der Waals surface area contributed by atoms with Gasteiger partial charge in [0.05, 0.1) is 6.54 Å². The van der Waals surface area contributed by atoms with Gasteiger partial charge in [-0.2, -0.15) is 0 Å². The summed E-state index contributed by atoms with van der Waals surface area (Å²) in [6, 6.07) is 24.2. The van der Waals surface area contributed by atoms with E-state index in [0.29, 0.717) is 18.1 Å². The number of anilines is 1. The van der Waals surface area contributed by atoms with E-state index in [1.165, 1.54) is 27.8 Å². The van der Waals surface area contributed by atoms with Gasteiger partial charge >= 0.3 is 17.8 Å². The summed E-state index contributed by atoms with van der Waals surface area (Å²) >= 11 is 6.25. The Morgan fingerprint density at radius 1 is 0.842 bits per heavy atom. The molecule has 0 saturated carbocycles. The summed E-state index contributed by atoms with van der Waals surface area (Å²) in [5, 5.41) is 0.547. The van der Waals surface area contributed by atoms with Crippen LogP contribution in [0.2, 0.25) is 5.02 Å². The molecule has 3 aromatic carbocycles. The number of benzene rings is 3. The lowest BCUT2D eigenvalue weighted by Crippen LogP contribution is -2.66. The number of esters is 2. The van der Waals surface area contributed by atoms with Crippen molar-refractivity contribution in [1.82, 2.24) is 4.90 Å². The van der Waals surface area contributed by atoms with E-state index in [1.54, 1.807) is 12.1 Å². The van der Waals surface area contributed by atoms with Crippen molar-refractivity contribution in [3.05, 3.63) is 107 Å². The minimum Gasteiger partial charge on any atom is -0.399 e. The quantitative estimate of drug-likeness (QED) is 0.411. The van der Waals surface area contributed by atoms with Crippen LogP contribution in [0.1, 0.15) is 17.5 Å². The molecule has 0 bridgehead atoms. The Labute approximate surface area is 226 Å². The number of rotatable bonds is 5. The highest BCUT2D eigenvalue weighted by Crippen LogP contribution is 2.38. The maximum Gasteiger partial charge on any atom is 0.356 e. The molecule has 6 nitrogen and oxygen atoms in total. The van der Waals surface area contributed by atoms with Gasteiger partial charge in [-0.05, 0) is 58.9 Å². The number of allylic oxidation sites excluding steroid dienone is 1. The van der Waals surface area contributed by atoms with Gasteiger partial charge in [0.2, 0.25) is 0 Å². The monoisotopic (exact) mass is 526 g/mol. The summed E-state index contributed by atoms with van der Waals surface area (Å²) < 4.78 is 11.6. The van der Waals surface area contributed by atoms with Crippen molar-refractivity contribution < 1.29 is 19.1 Å². The molecule has 0 unspecified atom stereocenters. The predicted molar refractivity (Wildman–Crippen MR) is 147 cm³/mol. The molecule has 2 heterocycles. The molecule has 0 N–H and O–H groups in total. The van der Waals surface area contributed by atoms with E-state index in [2.05, 4.69) is 53.4 Å². The maximum absolute atomic E-state index is 12.5. The second kappa shape index (κ2) is 10.1. The van der Waals surface area contributed by atoms with Crippen LogP contribution in [0.3, 0.4) is 0 Å². The lowest BCUT2D eigenvalue weighted by Gasteiger charge is -2.48. The van der Waals surface area contributed by atoms with E-state index in [-0.39, 0.29) is 6.54 Å². The highest BCUT2D eigenvalue weighted by atomic mass is 35.5. The number of fused-ring (bicyclic) bond motifs is 1. The maximum atomic E-state index is 12.5. The number of carbonyl (C=O) groups excluding carboxylic acids is 2. The zero-order chi connectivity index (χ0) is 26.1. The zero-order valence-corrected chi connectivity index (χ0v) is 21.6. The molecule has 2 aliphatic heterocycles. The number of carbonyl (C=O) groups is 2. The molecule has 1 saturated heterocycles. The zero-order valence-electron chi connectivity index (χ0n) is 20.8. The van der Waals surface area contributed by atoms with Crippen LogP contribution in [-0.2, 0) is 25.5 Å². The van der Waals surface area contributed by atoms with E-state index in [9.17, 15) is 9.59 Å². The average molecular weight is 527 g/mol. The van der Waals surface area contributed by atoms with Crippen LogP contribution in [0.5, 0.6) is 0 Å². The number of hydrogen-bond donors (Lipinski definition) is 0. The minimum absolute atomic E-state index is 0.225. The van der Waals surface area contributed by atoms with Gasteiger partial charge in [0.15, 0.2) is 0 Å². The molecule has 0 aromatic heterocycles. The molecule has 192 valence electrons. The van der Waals surface area contributed by atoms with Crippen LogP contribution in [0, 0.1) is 0 Å². The molecule has 38 heavy (non-hydrogen) atoms. The minimum atomic E-state index is -1.58. The van der Waals surface area contributed by atoms with Crippen molar-refractivity contribution in [2.24, 2.45) is 0 Å². The molecular weight excluding hydrogens is 500 g/mol. The van der Waals surface area contributed by atoms with Gasteiger partial charge in [-0.15, -0.1) is 0 Å². The van der Waals surface area contributed by atoms with Crippen LogP contribution >= 0.6 is 11.6 Å². The molecule has 1 aliphatic carbocycles. The Morgan fingerprint density at radius 3 is 2.34 bits per heavy atom. The number of ether oxygens (including phenoxy) is 2. The first kappa shape index (κ1) is 24.5. The highest BCUT2D eigenvalue weighted by Gasteiger charge is 2.50. The number of hydrogen-bond acceptors (Lipinski definition) is 6. The molecule has 3 aromatic rings. The van der Waals surface area contributed by atoms with Crippen molar-refractivity contribution in [2.75, 3.05) is 31.1 Å². The normalized spacial score (nSPS) is 18.6. The fourth-order valence-corrected chi connectivity index (χ4v) is 5.76. The molecule has 1 spiro atoms. The Balaban J connectivity index is 1.22. The Kier molecular flexibility index (Phi) is 6.52. The first-order chi connectivity index (χ1) is 18.5. The number of piperazine rings is 1. The topological polar surface area (TPSA) is 59.1 Å². The molecule has 0 amide bonds. The van der Waals surface area contributed by atoms with Crippen LogP contribution in [0.15, 0.2) is 91.0 Å². The SMILES string of the molecule is O=C1C=CC(=O)OC2(CN(CCC3=CCc4c3cccc4-c3ccccc3)CCN2c2cccc(Cl)c2)O1. The molecule has 0 atom stereocenters. The Bertz CT molecular complexity index is 1430. The summed E-state index contributed by atoms with van der Waals surface area (Å²) in [6.07, 6.45) is 6.26. The van der Waals surface area contributed by atoms with Crippen molar-refractivity contribution in [3.63, 3.8) is 0 Å². The molecule has 6 rings (SSSR count). The fraction of sp³-hybridized carbons (Fsp3) is 0.226. The third-order valence-electron chi connectivity index (χ3n) is 7.33. The first-order valence-electron chi connectivity index (χ1n) is 12.8. The molecule has 0 radical (unpaired) electrons. The van der Waals surface area contributed by atoms with Crippen molar-refractivity contribution in [2.45, 2.75) is 18.8 Å². The second-order valence-corrected chi connectivity index (χ2v) is 10.1. The van der Waals surface area contributed by atoms with E-state index in [1.807, 2.05) is 23.1 Å². The third-order valence-corrected chi connectivity index (χ3v) is 7.56. The lowest BCUT2D eigenvalue weighted by atomic mass is 9.94. The number of halogens is 1. The third kappa shape index (κ3) is 4.73. The van der Waals surface area contributed by atoms with Crippen LogP contribution in [-0.4, -0.2) is 48.9 Å². The van der Waals surface area contributed by atoms with Gasteiger partial charge in [-0.3, -0.25) is 9.80 Å². The van der Waals surface area contributed by atoms with Crippen LogP contribution in [0.4, 0.5) is 5.69 Å². The first-order valence-corrected chi connectivity index (χ1v) is 13.1. The van der Waals surface area contributed by atoms with Crippen molar-refractivity contribution in [3.8, 4) is 11.1 Å². The van der Waals surface area contributed by atoms with E-state index in [4.69, 9.17) is 21.1 Å². The summed E-state index contributed by atoms with van der Waals surface area (Å²) in [4.78, 5) is 29.0.